The van der Waals surface area contributed by atoms with Crippen molar-refractivity contribution < 1.29 is 4.39 Å². The highest BCUT2D eigenvalue weighted by Gasteiger charge is 2.33. The maximum atomic E-state index is 13.8. The number of pyridine rings is 1. The lowest BCUT2D eigenvalue weighted by atomic mass is 10.1. The molecule has 2 heterocycles. The number of anilines is 1. The van der Waals surface area contributed by atoms with Gasteiger partial charge < -0.3 is 4.90 Å². The quantitative estimate of drug-likeness (QED) is 0.817. The van der Waals surface area contributed by atoms with Crippen LogP contribution in [0.4, 0.5) is 10.2 Å². The van der Waals surface area contributed by atoms with Crippen LogP contribution in [0.25, 0.3) is 0 Å². The fourth-order valence-corrected chi connectivity index (χ4v) is 3.28. The number of nitrogens with zero attached hydrogens (tertiary/aromatic N) is 3. The largest absolute Gasteiger partial charge is 0.354 e. The Hall–Kier alpha value is -1.16. The van der Waals surface area contributed by atoms with E-state index < -0.39 is 6.17 Å². The Morgan fingerprint density at radius 1 is 1.21 bits per heavy atom. The monoisotopic (exact) mass is 263 g/mol. The van der Waals surface area contributed by atoms with Crippen LogP contribution in [-0.4, -0.2) is 48.3 Å². The zero-order chi connectivity index (χ0) is 13.2. The van der Waals surface area contributed by atoms with Gasteiger partial charge in [-0.25, -0.2) is 9.37 Å². The minimum Gasteiger partial charge on any atom is -0.354 e. The van der Waals surface area contributed by atoms with Crippen molar-refractivity contribution in [3.05, 3.63) is 23.9 Å². The molecular weight excluding hydrogens is 241 g/mol. The number of rotatable bonds is 2. The molecule has 2 atom stereocenters. The van der Waals surface area contributed by atoms with Gasteiger partial charge in [0.25, 0.3) is 0 Å². The van der Waals surface area contributed by atoms with Gasteiger partial charge in [-0.1, -0.05) is 0 Å². The number of piperazine rings is 1. The van der Waals surface area contributed by atoms with Crippen molar-refractivity contribution in [2.24, 2.45) is 0 Å². The summed E-state index contributed by atoms with van der Waals surface area (Å²) >= 11 is 0. The van der Waals surface area contributed by atoms with E-state index in [1.54, 1.807) is 0 Å². The van der Waals surface area contributed by atoms with Crippen LogP contribution in [0.2, 0.25) is 0 Å². The Labute approximate surface area is 114 Å². The molecule has 1 aliphatic carbocycles. The molecular formula is C15H22FN3. The molecule has 0 N–H and O–H groups in total. The molecule has 1 aromatic heterocycles. The number of alkyl halides is 1. The summed E-state index contributed by atoms with van der Waals surface area (Å²) in [6.45, 7) is 5.93. The lowest BCUT2D eigenvalue weighted by Crippen LogP contribution is -2.52. The Morgan fingerprint density at radius 2 is 2.00 bits per heavy atom. The number of halogens is 1. The van der Waals surface area contributed by atoms with E-state index in [4.69, 9.17) is 0 Å². The molecule has 0 spiro atoms. The van der Waals surface area contributed by atoms with Gasteiger partial charge in [0.2, 0.25) is 0 Å². The van der Waals surface area contributed by atoms with E-state index in [1.807, 2.05) is 12.3 Å². The second-order valence-electron chi connectivity index (χ2n) is 5.73. The number of hydrogen-bond acceptors (Lipinski definition) is 3. The minimum atomic E-state index is -0.608. The minimum absolute atomic E-state index is 0.174. The van der Waals surface area contributed by atoms with Crippen molar-refractivity contribution in [1.82, 2.24) is 9.88 Å². The summed E-state index contributed by atoms with van der Waals surface area (Å²) < 4.78 is 13.8. The van der Waals surface area contributed by atoms with E-state index in [-0.39, 0.29) is 6.04 Å². The van der Waals surface area contributed by atoms with Crippen molar-refractivity contribution in [2.75, 3.05) is 31.1 Å². The predicted octanol–water partition coefficient (Wildman–Crippen LogP) is 2.40. The highest BCUT2D eigenvalue weighted by Crippen LogP contribution is 2.28. The summed E-state index contributed by atoms with van der Waals surface area (Å²) in [6.07, 6.45) is 4.09. The lowest BCUT2D eigenvalue weighted by Gasteiger charge is -2.39. The van der Waals surface area contributed by atoms with Crippen molar-refractivity contribution in [3.63, 3.8) is 0 Å². The average molecular weight is 263 g/mol. The molecule has 0 aromatic carbocycles. The van der Waals surface area contributed by atoms with Gasteiger partial charge in [-0.2, -0.15) is 0 Å². The summed E-state index contributed by atoms with van der Waals surface area (Å²) in [7, 11) is 0. The molecule has 0 bridgehead atoms. The van der Waals surface area contributed by atoms with Crippen LogP contribution in [0, 0.1) is 6.92 Å². The smallest absolute Gasteiger partial charge is 0.128 e. The Kier molecular flexibility index (Phi) is 3.69. The molecule has 2 unspecified atom stereocenters. The fourth-order valence-electron chi connectivity index (χ4n) is 3.28. The van der Waals surface area contributed by atoms with E-state index in [0.717, 1.165) is 51.3 Å². The number of aromatic nitrogens is 1. The SMILES string of the molecule is Cc1ccnc(N2CCN(C3CCCC3F)CC2)c1. The molecule has 1 saturated heterocycles. The summed E-state index contributed by atoms with van der Waals surface area (Å²) in [5.41, 5.74) is 1.24. The third-order valence-corrected chi connectivity index (χ3v) is 4.41. The van der Waals surface area contributed by atoms with E-state index in [9.17, 15) is 4.39 Å². The van der Waals surface area contributed by atoms with E-state index in [1.165, 1.54) is 5.56 Å². The molecule has 3 nitrogen and oxygen atoms in total. The van der Waals surface area contributed by atoms with Crippen LogP contribution in [-0.2, 0) is 0 Å². The van der Waals surface area contributed by atoms with E-state index in [2.05, 4.69) is 27.8 Å². The fraction of sp³-hybridized carbons (Fsp3) is 0.667. The summed E-state index contributed by atoms with van der Waals surface area (Å²) in [4.78, 5) is 9.08. The summed E-state index contributed by atoms with van der Waals surface area (Å²) in [6, 6.07) is 4.32. The first-order chi connectivity index (χ1) is 9.24. The summed E-state index contributed by atoms with van der Waals surface area (Å²) in [5, 5.41) is 0. The summed E-state index contributed by atoms with van der Waals surface area (Å²) in [5.74, 6) is 1.06. The lowest BCUT2D eigenvalue weighted by molar-refractivity contribution is 0.124. The highest BCUT2D eigenvalue weighted by atomic mass is 19.1. The first kappa shape index (κ1) is 12.9. The molecule has 2 fully saturated rings. The van der Waals surface area contributed by atoms with Gasteiger partial charge in [0.15, 0.2) is 0 Å². The van der Waals surface area contributed by atoms with Crippen molar-refractivity contribution in [3.8, 4) is 0 Å². The van der Waals surface area contributed by atoms with Gasteiger partial charge in [0.05, 0.1) is 0 Å². The van der Waals surface area contributed by atoms with Crippen LogP contribution in [0.5, 0.6) is 0 Å². The van der Waals surface area contributed by atoms with E-state index >= 15 is 0 Å². The average Bonchev–Trinajstić information content (AvgIpc) is 2.85. The standard InChI is InChI=1S/C15H22FN3/c1-12-5-6-17-15(11-12)19-9-7-18(8-10-19)14-4-2-3-13(14)16/h5-6,11,13-14H,2-4,7-10H2,1H3. The molecule has 1 aromatic rings. The van der Waals surface area contributed by atoms with Gasteiger partial charge in [0, 0.05) is 38.4 Å². The second-order valence-corrected chi connectivity index (χ2v) is 5.73. The Morgan fingerprint density at radius 3 is 2.63 bits per heavy atom. The van der Waals surface area contributed by atoms with Crippen LogP contribution in [0.3, 0.4) is 0 Å². The predicted molar refractivity (Wildman–Crippen MR) is 75.3 cm³/mol. The normalized spacial score (nSPS) is 28.8. The molecule has 0 amide bonds. The number of aryl methyl sites for hydroxylation is 1. The third kappa shape index (κ3) is 2.73. The maximum Gasteiger partial charge on any atom is 0.128 e. The van der Waals surface area contributed by atoms with Gasteiger partial charge >= 0.3 is 0 Å². The molecule has 4 heteroatoms. The van der Waals surface area contributed by atoms with Gasteiger partial charge in [-0.15, -0.1) is 0 Å². The van der Waals surface area contributed by atoms with Crippen molar-refractivity contribution >= 4 is 5.82 Å². The molecule has 2 aliphatic rings. The van der Waals surface area contributed by atoms with E-state index in [0.29, 0.717) is 0 Å². The molecule has 1 aliphatic heterocycles. The van der Waals surface area contributed by atoms with Crippen molar-refractivity contribution in [2.45, 2.75) is 38.4 Å². The zero-order valence-electron chi connectivity index (χ0n) is 11.6. The highest BCUT2D eigenvalue weighted by molar-refractivity contribution is 5.41. The zero-order valence-corrected chi connectivity index (χ0v) is 11.6. The van der Waals surface area contributed by atoms with Crippen LogP contribution >= 0.6 is 0 Å². The van der Waals surface area contributed by atoms with Crippen LogP contribution in [0.15, 0.2) is 18.3 Å². The molecule has 104 valence electrons. The Balaban J connectivity index is 1.60. The van der Waals surface area contributed by atoms with Gasteiger partial charge in [0.1, 0.15) is 12.0 Å². The maximum absolute atomic E-state index is 13.8. The first-order valence-corrected chi connectivity index (χ1v) is 7.30. The molecule has 1 saturated carbocycles. The topological polar surface area (TPSA) is 19.4 Å². The van der Waals surface area contributed by atoms with Crippen LogP contribution < -0.4 is 4.90 Å². The molecule has 3 rings (SSSR count). The van der Waals surface area contributed by atoms with Gasteiger partial charge in [-0.3, -0.25) is 4.90 Å². The van der Waals surface area contributed by atoms with Gasteiger partial charge in [-0.05, 0) is 43.9 Å². The van der Waals surface area contributed by atoms with Crippen LogP contribution in [0.1, 0.15) is 24.8 Å². The first-order valence-electron chi connectivity index (χ1n) is 7.30. The number of hydrogen-bond donors (Lipinski definition) is 0. The third-order valence-electron chi connectivity index (χ3n) is 4.41. The molecule has 0 radical (unpaired) electrons. The Bertz CT molecular complexity index is 429. The second kappa shape index (κ2) is 5.45. The van der Waals surface area contributed by atoms with Crippen molar-refractivity contribution in [1.29, 1.82) is 0 Å². The molecule has 19 heavy (non-hydrogen) atoms.